The molecule has 0 amide bonds. The van der Waals surface area contributed by atoms with E-state index < -0.39 is 23.5 Å². The summed E-state index contributed by atoms with van der Waals surface area (Å²) >= 11 is 0. The van der Waals surface area contributed by atoms with E-state index in [0.717, 1.165) is 17.2 Å². The van der Waals surface area contributed by atoms with Crippen LogP contribution in [0.2, 0.25) is 0 Å². The quantitative estimate of drug-likeness (QED) is 0.719. The van der Waals surface area contributed by atoms with Gasteiger partial charge in [-0.2, -0.15) is 0 Å². The lowest BCUT2D eigenvalue weighted by molar-refractivity contribution is -0.344. The molecular formula is C19H18O5-2. The molecule has 1 aliphatic rings. The van der Waals surface area contributed by atoms with E-state index in [-0.39, 0.29) is 12.8 Å². The molecule has 3 rings (SSSR count). The highest BCUT2D eigenvalue weighted by molar-refractivity contribution is 5.97. The third kappa shape index (κ3) is 2.99. The van der Waals surface area contributed by atoms with Gasteiger partial charge in [0.2, 0.25) is 0 Å². The van der Waals surface area contributed by atoms with Crippen LogP contribution in [-0.4, -0.2) is 24.6 Å². The van der Waals surface area contributed by atoms with E-state index in [1.54, 1.807) is 12.1 Å². The van der Waals surface area contributed by atoms with Crippen molar-refractivity contribution in [2.75, 3.05) is 6.61 Å². The van der Waals surface area contributed by atoms with E-state index in [9.17, 15) is 19.8 Å². The minimum Gasteiger partial charge on any atom is -0.549 e. The standard InChI is InChI=1S/C19H20O5/c20-17(21)19(18(22)23,12-15-8-4-10-24-15)11-14-7-3-6-13-5-1-2-9-16(13)14/h1-3,5-7,9,15H,4,8,10-12H2,(H,20,21)(H,22,23)/p-2/t15-/m0/s1. The van der Waals surface area contributed by atoms with Crippen molar-refractivity contribution in [1.29, 1.82) is 0 Å². The highest BCUT2D eigenvalue weighted by Gasteiger charge is 2.38. The zero-order chi connectivity index (χ0) is 17.2. The molecule has 24 heavy (non-hydrogen) atoms. The van der Waals surface area contributed by atoms with Crippen molar-refractivity contribution in [3.05, 3.63) is 48.0 Å². The first-order chi connectivity index (χ1) is 11.5. The van der Waals surface area contributed by atoms with Gasteiger partial charge in [-0.05, 0) is 42.0 Å². The predicted octanol–water partition coefficient (Wildman–Crippen LogP) is 0.438. The molecule has 126 valence electrons. The number of carbonyl (C=O) groups excluding carboxylic acids is 2. The summed E-state index contributed by atoms with van der Waals surface area (Å²) in [7, 11) is 0. The normalized spacial score (nSPS) is 17.9. The van der Waals surface area contributed by atoms with Gasteiger partial charge in [-0.15, -0.1) is 0 Å². The Morgan fingerprint density at radius 1 is 1.08 bits per heavy atom. The van der Waals surface area contributed by atoms with Crippen molar-refractivity contribution in [1.82, 2.24) is 0 Å². The van der Waals surface area contributed by atoms with E-state index in [4.69, 9.17) is 4.74 Å². The van der Waals surface area contributed by atoms with Gasteiger partial charge < -0.3 is 24.5 Å². The Kier molecular flexibility index (Phi) is 4.53. The van der Waals surface area contributed by atoms with Crippen molar-refractivity contribution < 1.29 is 24.5 Å². The number of benzene rings is 2. The molecule has 1 aliphatic heterocycles. The molecule has 0 aromatic heterocycles. The number of carboxylic acid groups (broad SMARTS) is 2. The Morgan fingerprint density at radius 3 is 2.46 bits per heavy atom. The Morgan fingerprint density at radius 2 is 1.79 bits per heavy atom. The molecular weight excluding hydrogens is 308 g/mol. The molecule has 2 aromatic carbocycles. The molecule has 2 aromatic rings. The van der Waals surface area contributed by atoms with Crippen LogP contribution in [0.1, 0.15) is 24.8 Å². The second kappa shape index (κ2) is 6.61. The van der Waals surface area contributed by atoms with Crippen molar-refractivity contribution in [3.63, 3.8) is 0 Å². The van der Waals surface area contributed by atoms with Gasteiger partial charge in [0.15, 0.2) is 0 Å². The van der Waals surface area contributed by atoms with Gasteiger partial charge in [0.05, 0.1) is 23.5 Å². The Hall–Kier alpha value is -2.40. The maximum absolute atomic E-state index is 11.8. The third-order valence-corrected chi connectivity index (χ3v) is 4.75. The SMILES string of the molecule is O=C([O-])C(Cc1cccc2ccccc12)(C[C@@H]1CCCO1)C(=O)[O-]. The molecule has 1 saturated heterocycles. The maximum atomic E-state index is 11.8. The molecule has 5 nitrogen and oxygen atoms in total. The lowest BCUT2D eigenvalue weighted by Crippen LogP contribution is -2.56. The summed E-state index contributed by atoms with van der Waals surface area (Å²) in [6, 6.07) is 12.9. The molecule has 1 atom stereocenters. The van der Waals surface area contributed by atoms with Crippen LogP contribution in [0.15, 0.2) is 42.5 Å². The molecule has 0 spiro atoms. The van der Waals surface area contributed by atoms with Crippen molar-refractivity contribution in [2.24, 2.45) is 5.41 Å². The average molecular weight is 326 g/mol. The number of rotatable bonds is 6. The fraction of sp³-hybridized carbons (Fsp3) is 0.368. The van der Waals surface area contributed by atoms with Gasteiger partial charge in [0.25, 0.3) is 0 Å². The summed E-state index contributed by atoms with van der Waals surface area (Å²) in [5.74, 6) is -3.24. The molecule has 5 heteroatoms. The van der Waals surface area contributed by atoms with Crippen LogP contribution < -0.4 is 10.2 Å². The van der Waals surface area contributed by atoms with E-state index in [0.29, 0.717) is 18.6 Å². The largest absolute Gasteiger partial charge is 0.549 e. The fourth-order valence-corrected chi connectivity index (χ4v) is 3.43. The van der Waals surface area contributed by atoms with E-state index in [1.165, 1.54) is 0 Å². The van der Waals surface area contributed by atoms with Gasteiger partial charge in [-0.25, -0.2) is 0 Å². The second-order valence-corrected chi connectivity index (χ2v) is 6.31. The number of aliphatic carboxylic acids is 2. The average Bonchev–Trinajstić information content (AvgIpc) is 3.07. The summed E-state index contributed by atoms with van der Waals surface area (Å²) in [6.45, 7) is 0.523. The number of ether oxygens (including phenoxy) is 1. The zero-order valence-corrected chi connectivity index (χ0v) is 13.2. The minimum atomic E-state index is -2.10. The molecule has 0 bridgehead atoms. The molecule has 0 aliphatic carbocycles. The topological polar surface area (TPSA) is 89.5 Å². The first-order valence-corrected chi connectivity index (χ1v) is 8.04. The minimum absolute atomic E-state index is 0.138. The molecule has 0 radical (unpaired) electrons. The van der Waals surface area contributed by atoms with Gasteiger partial charge in [0, 0.05) is 6.61 Å². The highest BCUT2D eigenvalue weighted by Crippen LogP contribution is 2.34. The van der Waals surface area contributed by atoms with Crippen molar-refractivity contribution in [2.45, 2.75) is 31.8 Å². The first kappa shape index (κ1) is 16.5. The van der Waals surface area contributed by atoms with Crippen LogP contribution in [0.3, 0.4) is 0 Å². The van der Waals surface area contributed by atoms with Crippen LogP contribution in [0, 0.1) is 5.41 Å². The summed E-state index contributed by atoms with van der Waals surface area (Å²) in [5.41, 5.74) is -1.45. The van der Waals surface area contributed by atoms with E-state index >= 15 is 0 Å². The van der Waals surface area contributed by atoms with Gasteiger partial charge in [-0.1, -0.05) is 42.5 Å². The molecule has 0 saturated carbocycles. The van der Waals surface area contributed by atoms with Gasteiger partial charge >= 0.3 is 0 Å². The smallest absolute Gasteiger partial charge is 0.0588 e. The van der Waals surface area contributed by atoms with Crippen LogP contribution in [0.5, 0.6) is 0 Å². The Bertz CT molecular complexity index is 742. The molecule has 1 fully saturated rings. The molecule has 0 N–H and O–H groups in total. The summed E-state index contributed by atoms with van der Waals surface area (Å²) in [6.07, 6.45) is 0.739. The lowest BCUT2D eigenvalue weighted by atomic mass is 9.76. The van der Waals surface area contributed by atoms with Gasteiger partial charge in [-0.3, -0.25) is 0 Å². The lowest BCUT2D eigenvalue weighted by Gasteiger charge is -2.38. The maximum Gasteiger partial charge on any atom is 0.0588 e. The fourth-order valence-electron chi connectivity index (χ4n) is 3.43. The third-order valence-electron chi connectivity index (χ3n) is 4.75. The Balaban J connectivity index is 2.01. The number of carbonyl (C=O) groups is 2. The van der Waals surface area contributed by atoms with Gasteiger partial charge in [0.1, 0.15) is 0 Å². The van der Waals surface area contributed by atoms with E-state index in [1.807, 2.05) is 30.3 Å². The second-order valence-electron chi connectivity index (χ2n) is 6.31. The monoisotopic (exact) mass is 326 g/mol. The summed E-state index contributed by atoms with van der Waals surface area (Å²) < 4.78 is 5.45. The molecule has 1 heterocycles. The number of hydrogen-bond donors (Lipinski definition) is 0. The zero-order valence-electron chi connectivity index (χ0n) is 13.2. The number of fused-ring (bicyclic) bond motifs is 1. The number of hydrogen-bond acceptors (Lipinski definition) is 5. The summed E-state index contributed by atoms with van der Waals surface area (Å²) in [5, 5.41) is 25.4. The van der Waals surface area contributed by atoms with Crippen LogP contribution >= 0.6 is 0 Å². The predicted molar refractivity (Wildman–Crippen MR) is 83.7 cm³/mol. The first-order valence-electron chi connectivity index (χ1n) is 8.04. The molecule has 0 unspecified atom stereocenters. The van der Waals surface area contributed by atoms with Crippen LogP contribution in [-0.2, 0) is 20.7 Å². The summed E-state index contributed by atoms with van der Waals surface area (Å²) in [4.78, 5) is 23.6. The highest BCUT2D eigenvalue weighted by atomic mass is 16.5. The van der Waals surface area contributed by atoms with Crippen molar-refractivity contribution in [3.8, 4) is 0 Å². The van der Waals surface area contributed by atoms with Crippen LogP contribution in [0.25, 0.3) is 10.8 Å². The van der Waals surface area contributed by atoms with E-state index in [2.05, 4.69) is 0 Å². The Labute approximate surface area is 139 Å². The van der Waals surface area contributed by atoms with Crippen molar-refractivity contribution >= 4 is 22.7 Å². The number of carboxylic acids is 2. The van der Waals surface area contributed by atoms with Crippen LogP contribution in [0.4, 0.5) is 0 Å².